The minimum atomic E-state index is -0.431. The molecule has 4 saturated heterocycles. The normalized spacial score (nSPS) is 39.5. The van der Waals surface area contributed by atoms with Gasteiger partial charge >= 0.3 is 0 Å². The zero-order valence-electron chi connectivity index (χ0n) is 13.6. The highest BCUT2D eigenvalue weighted by Gasteiger charge is 2.56. The lowest BCUT2D eigenvalue weighted by Crippen LogP contribution is -2.76. The van der Waals surface area contributed by atoms with Crippen molar-refractivity contribution in [2.75, 3.05) is 52.5 Å². The molecular formula is C16H30N4O2. The van der Waals surface area contributed by atoms with Gasteiger partial charge in [-0.05, 0) is 32.1 Å². The number of rotatable bonds is 3. The fraction of sp³-hybridized carbons (Fsp3) is 1.00. The Hall–Kier alpha value is -0.240. The van der Waals surface area contributed by atoms with E-state index in [9.17, 15) is 0 Å². The Morgan fingerprint density at radius 2 is 1.59 bits per heavy atom. The number of hydrazine groups is 1. The summed E-state index contributed by atoms with van der Waals surface area (Å²) in [6.07, 6.45) is 7.66. The average molecular weight is 310 g/mol. The predicted molar refractivity (Wildman–Crippen MR) is 84.0 cm³/mol. The molecule has 0 radical (unpaired) electrons. The zero-order valence-corrected chi connectivity index (χ0v) is 13.6. The standard InChI is InChI=1S/C16H30N4O2/c1-2-10-19(11-3-1)16(20-12-6-7-17-20)15(21-13-14-22-16)18-8-4-5-9-18/h15,17H,1-14H2. The van der Waals surface area contributed by atoms with Gasteiger partial charge in [-0.15, -0.1) is 0 Å². The predicted octanol–water partition coefficient (Wildman–Crippen LogP) is 0.805. The Morgan fingerprint density at radius 1 is 0.818 bits per heavy atom. The van der Waals surface area contributed by atoms with Crippen molar-refractivity contribution in [3.8, 4) is 0 Å². The summed E-state index contributed by atoms with van der Waals surface area (Å²) in [5.74, 6) is -0.431. The highest BCUT2D eigenvalue weighted by atomic mass is 16.6. The van der Waals surface area contributed by atoms with Crippen molar-refractivity contribution in [1.82, 2.24) is 20.2 Å². The van der Waals surface area contributed by atoms with Gasteiger partial charge in [0.25, 0.3) is 0 Å². The van der Waals surface area contributed by atoms with Crippen molar-refractivity contribution < 1.29 is 9.47 Å². The number of nitrogens with zero attached hydrogens (tertiary/aromatic N) is 3. The average Bonchev–Trinajstić information content (AvgIpc) is 3.29. The molecule has 0 bridgehead atoms. The molecule has 126 valence electrons. The zero-order chi connectivity index (χ0) is 14.8. The van der Waals surface area contributed by atoms with Crippen molar-refractivity contribution >= 4 is 0 Å². The van der Waals surface area contributed by atoms with Crippen molar-refractivity contribution in [3.63, 3.8) is 0 Å². The molecular weight excluding hydrogens is 280 g/mol. The molecule has 0 aromatic rings. The fourth-order valence-electron chi connectivity index (χ4n) is 4.50. The number of hydrogen-bond donors (Lipinski definition) is 1. The monoisotopic (exact) mass is 310 g/mol. The largest absolute Gasteiger partial charge is 0.355 e. The highest BCUT2D eigenvalue weighted by Crippen LogP contribution is 2.36. The fourth-order valence-corrected chi connectivity index (χ4v) is 4.50. The molecule has 22 heavy (non-hydrogen) atoms. The van der Waals surface area contributed by atoms with E-state index in [1.807, 2.05) is 0 Å². The summed E-state index contributed by atoms with van der Waals surface area (Å²) in [5.41, 5.74) is 3.58. The third kappa shape index (κ3) is 2.60. The third-order valence-corrected chi connectivity index (χ3v) is 5.52. The van der Waals surface area contributed by atoms with Crippen LogP contribution in [0.25, 0.3) is 0 Å². The van der Waals surface area contributed by atoms with E-state index in [4.69, 9.17) is 9.47 Å². The van der Waals surface area contributed by atoms with Crippen molar-refractivity contribution in [2.24, 2.45) is 0 Å². The quantitative estimate of drug-likeness (QED) is 0.832. The summed E-state index contributed by atoms with van der Waals surface area (Å²) in [6, 6.07) is 0. The van der Waals surface area contributed by atoms with E-state index < -0.39 is 5.85 Å². The molecule has 0 aromatic heterocycles. The molecule has 6 heteroatoms. The van der Waals surface area contributed by atoms with Gasteiger partial charge in [0.2, 0.25) is 5.85 Å². The van der Waals surface area contributed by atoms with E-state index >= 15 is 0 Å². The topological polar surface area (TPSA) is 40.2 Å². The molecule has 2 atom stereocenters. The van der Waals surface area contributed by atoms with Crippen molar-refractivity contribution in [2.45, 2.75) is 50.6 Å². The molecule has 6 nitrogen and oxygen atoms in total. The van der Waals surface area contributed by atoms with Gasteiger partial charge in [0.05, 0.1) is 13.2 Å². The lowest BCUT2D eigenvalue weighted by Gasteiger charge is -2.56. The van der Waals surface area contributed by atoms with Gasteiger partial charge in [-0.1, -0.05) is 6.42 Å². The molecule has 4 aliphatic heterocycles. The Kier molecular flexibility index (Phi) is 4.66. The van der Waals surface area contributed by atoms with Crippen LogP contribution in [-0.2, 0) is 9.47 Å². The summed E-state index contributed by atoms with van der Waals surface area (Å²) < 4.78 is 12.9. The molecule has 0 saturated carbocycles. The molecule has 0 amide bonds. The Balaban J connectivity index is 1.65. The van der Waals surface area contributed by atoms with E-state index in [0.717, 1.165) is 39.3 Å². The van der Waals surface area contributed by atoms with Crippen LogP contribution < -0.4 is 5.43 Å². The number of nitrogens with one attached hydrogen (secondary N) is 1. The molecule has 4 rings (SSSR count). The second-order valence-corrected chi connectivity index (χ2v) is 6.93. The maximum Gasteiger partial charge on any atom is 0.233 e. The van der Waals surface area contributed by atoms with Gasteiger partial charge in [-0.2, -0.15) is 5.01 Å². The maximum atomic E-state index is 6.54. The SMILES string of the molecule is C1CCN(C2(N3CCCN3)OCCOC2N2CCCC2)CC1. The lowest BCUT2D eigenvalue weighted by atomic mass is 10.1. The Morgan fingerprint density at radius 3 is 2.32 bits per heavy atom. The van der Waals surface area contributed by atoms with E-state index in [2.05, 4.69) is 20.2 Å². The molecule has 0 aliphatic carbocycles. The van der Waals surface area contributed by atoms with E-state index in [1.165, 1.54) is 38.5 Å². The molecule has 4 fully saturated rings. The minimum absolute atomic E-state index is 0.0347. The molecule has 0 aromatic carbocycles. The Labute approximate surface area is 133 Å². The maximum absolute atomic E-state index is 6.54. The van der Waals surface area contributed by atoms with Crippen LogP contribution in [0.1, 0.15) is 38.5 Å². The first kappa shape index (κ1) is 15.3. The van der Waals surface area contributed by atoms with Gasteiger partial charge in [0.1, 0.15) is 0 Å². The van der Waals surface area contributed by atoms with Gasteiger partial charge in [-0.3, -0.25) is 15.2 Å². The summed E-state index contributed by atoms with van der Waals surface area (Å²) >= 11 is 0. The minimum Gasteiger partial charge on any atom is -0.355 e. The first-order valence-electron chi connectivity index (χ1n) is 9.17. The van der Waals surface area contributed by atoms with Crippen LogP contribution in [0.5, 0.6) is 0 Å². The van der Waals surface area contributed by atoms with Crippen LogP contribution in [0, 0.1) is 0 Å². The van der Waals surface area contributed by atoms with Crippen LogP contribution in [0.15, 0.2) is 0 Å². The Bertz CT molecular complexity index is 365. The van der Waals surface area contributed by atoms with Gasteiger partial charge < -0.3 is 9.47 Å². The van der Waals surface area contributed by atoms with Crippen LogP contribution in [0.4, 0.5) is 0 Å². The first-order valence-corrected chi connectivity index (χ1v) is 9.17. The van der Waals surface area contributed by atoms with Gasteiger partial charge in [0.15, 0.2) is 6.23 Å². The van der Waals surface area contributed by atoms with Crippen LogP contribution >= 0.6 is 0 Å². The van der Waals surface area contributed by atoms with Crippen LogP contribution in [0.3, 0.4) is 0 Å². The highest BCUT2D eigenvalue weighted by molar-refractivity contribution is 4.94. The smallest absolute Gasteiger partial charge is 0.233 e. The molecule has 4 heterocycles. The summed E-state index contributed by atoms with van der Waals surface area (Å²) in [7, 11) is 0. The summed E-state index contributed by atoms with van der Waals surface area (Å²) in [4.78, 5) is 5.06. The summed E-state index contributed by atoms with van der Waals surface area (Å²) in [5, 5.41) is 2.35. The number of hydrogen-bond acceptors (Lipinski definition) is 6. The van der Waals surface area contributed by atoms with E-state index in [0.29, 0.717) is 13.2 Å². The third-order valence-electron chi connectivity index (χ3n) is 5.52. The molecule has 1 N–H and O–H groups in total. The second-order valence-electron chi connectivity index (χ2n) is 6.93. The lowest BCUT2D eigenvalue weighted by molar-refractivity contribution is -0.368. The van der Waals surface area contributed by atoms with Crippen LogP contribution in [-0.4, -0.2) is 79.4 Å². The summed E-state index contributed by atoms with van der Waals surface area (Å²) in [6.45, 7) is 8.01. The molecule has 4 aliphatic rings. The van der Waals surface area contributed by atoms with Crippen molar-refractivity contribution in [3.05, 3.63) is 0 Å². The van der Waals surface area contributed by atoms with Gasteiger partial charge in [0, 0.05) is 39.3 Å². The van der Waals surface area contributed by atoms with Gasteiger partial charge in [-0.25, -0.2) is 0 Å². The first-order chi connectivity index (χ1) is 10.9. The number of ether oxygens (including phenoxy) is 2. The number of piperidine rings is 1. The molecule has 2 unspecified atom stereocenters. The number of likely N-dealkylation sites (tertiary alicyclic amines) is 2. The second kappa shape index (κ2) is 6.71. The van der Waals surface area contributed by atoms with E-state index in [-0.39, 0.29) is 6.23 Å². The van der Waals surface area contributed by atoms with Crippen LogP contribution in [0.2, 0.25) is 0 Å². The van der Waals surface area contributed by atoms with Crippen molar-refractivity contribution in [1.29, 1.82) is 0 Å². The molecule has 0 spiro atoms. The van der Waals surface area contributed by atoms with E-state index in [1.54, 1.807) is 0 Å².